The van der Waals surface area contributed by atoms with Crippen LogP contribution in [-0.4, -0.2) is 16.5 Å². The van der Waals surface area contributed by atoms with Gasteiger partial charge in [0.15, 0.2) is 0 Å². The van der Waals surface area contributed by atoms with Crippen molar-refractivity contribution in [2.75, 3.05) is 6.54 Å². The summed E-state index contributed by atoms with van der Waals surface area (Å²) in [5.74, 6) is 1.94. The maximum Gasteiger partial charge on any atom is 0.219 e. The predicted octanol–water partition coefficient (Wildman–Crippen LogP) is 3.32. The molecule has 4 heteroatoms. The van der Waals surface area contributed by atoms with Crippen LogP contribution in [0, 0.1) is 12.8 Å². The van der Waals surface area contributed by atoms with Crippen LogP contribution in [0.15, 0.2) is 36.7 Å². The highest BCUT2D eigenvalue weighted by Gasteiger charge is 2.00. The van der Waals surface area contributed by atoms with Gasteiger partial charge < -0.3 is 10.1 Å². The molecule has 2 rings (SSSR count). The van der Waals surface area contributed by atoms with E-state index in [1.807, 2.05) is 37.4 Å². The number of rotatable bonds is 6. The molecule has 0 saturated heterocycles. The SMILES string of the molecule is Cc1ccc(Oc2ccc(CNCC(C)C)cn2)cn1. The minimum atomic E-state index is 0.586. The normalized spacial score (nSPS) is 10.8. The van der Waals surface area contributed by atoms with E-state index in [2.05, 4.69) is 29.1 Å². The molecular weight excluding hydrogens is 250 g/mol. The van der Waals surface area contributed by atoms with Crippen LogP contribution in [0.2, 0.25) is 0 Å². The fourth-order valence-electron chi connectivity index (χ4n) is 1.72. The lowest BCUT2D eigenvalue weighted by atomic mass is 10.2. The molecule has 0 bridgehead atoms. The second kappa shape index (κ2) is 7.01. The van der Waals surface area contributed by atoms with E-state index in [1.165, 1.54) is 0 Å². The Hall–Kier alpha value is -1.94. The molecule has 0 aliphatic heterocycles. The highest BCUT2D eigenvalue weighted by molar-refractivity contribution is 5.26. The van der Waals surface area contributed by atoms with Crippen molar-refractivity contribution in [3.8, 4) is 11.6 Å². The van der Waals surface area contributed by atoms with Crippen molar-refractivity contribution in [1.82, 2.24) is 15.3 Å². The highest BCUT2D eigenvalue weighted by Crippen LogP contribution is 2.18. The third-order valence-corrected chi connectivity index (χ3v) is 2.79. The van der Waals surface area contributed by atoms with Gasteiger partial charge in [-0.15, -0.1) is 0 Å². The number of nitrogens with zero attached hydrogens (tertiary/aromatic N) is 2. The van der Waals surface area contributed by atoms with E-state index in [9.17, 15) is 0 Å². The van der Waals surface area contributed by atoms with E-state index < -0.39 is 0 Å². The van der Waals surface area contributed by atoms with Gasteiger partial charge in [0.1, 0.15) is 5.75 Å². The molecule has 0 saturated carbocycles. The Morgan fingerprint density at radius 1 is 1.10 bits per heavy atom. The molecule has 1 N–H and O–H groups in total. The molecule has 0 atom stereocenters. The predicted molar refractivity (Wildman–Crippen MR) is 79.8 cm³/mol. The molecule has 0 amide bonds. The molecule has 4 nitrogen and oxygen atoms in total. The molecule has 0 aliphatic rings. The van der Waals surface area contributed by atoms with Crippen molar-refractivity contribution < 1.29 is 4.74 Å². The Morgan fingerprint density at radius 3 is 2.55 bits per heavy atom. The van der Waals surface area contributed by atoms with Crippen LogP contribution < -0.4 is 10.1 Å². The van der Waals surface area contributed by atoms with E-state index in [-0.39, 0.29) is 0 Å². The lowest BCUT2D eigenvalue weighted by molar-refractivity contribution is 0.459. The van der Waals surface area contributed by atoms with Gasteiger partial charge in [-0.2, -0.15) is 0 Å². The van der Waals surface area contributed by atoms with Gasteiger partial charge in [0, 0.05) is 24.5 Å². The van der Waals surface area contributed by atoms with Crippen LogP contribution in [0.1, 0.15) is 25.1 Å². The topological polar surface area (TPSA) is 47.0 Å². The number of aryl methyl sites for hydroxylation is 1. The van der Waals surface area contributed by atoms with Crippen LogP contribution in [0.4, 0.5) is 0 Å². The molecule has 2 aromatic rings. The molecule has 20 heavy (non-hydrogen) atoms. The number of hydrogen-bond donors (Lipinski definition) is 1. The lowest BCUT2D eigenvalue weighted by Crippen LogP contribution is -2.18. The zero-order valence-corrected chi connectivity index (χ0v) is 12.3. The number of hydrogen-bond acceptors (Lipinski definition) is 4. The number of nitrogens with one attached hydrogen (secondary N) is 1. The van der Waals surface area contributed by atoms with E-state index in [1.54, 1.807) is 6.20 Å². The average Bonchev–Trinajstić information content (AvgIpc) is 2.43. The van der Waals surface area contributed by atoms with Crippen molar-refractivity contribution in [3.05, 3.63) is 47.9 Å². The average molecular weight is 271 g/mol. The van der Waals surface area contributed by atoms with Crippen LogP contribution in [0.3, 0.4) is 0 Å². The van der Waals surface area contributed by atoms with Crippen LogP contribution in [0.5, 0.6) is 11.6 Å². The first-order chi connectivity index (χ1) is 9.63. The van der Waals surface area contributed by atoms with Gasteiger partial charge in [-0.05, 0) is 37.1 Å². The van der Waals surface area contributed by atoms with E-state index >= 15 is 0 Å². The maximum atomic E-state index is 5.64. The van der Waals surface area contributed by atoms with Gasteiger partial charge in [-0.25, -0.2) is 4.98 Å². The van der Waals surface area contributed by atoms with Gasteiger partial charge >= 0.3 is 0 Å². The Kier molecular flexibility index (Phi) is 5.07. The summed E-state index contributed by atoms with van der Waals surface area (Å²) in [5.41, 5.74) is 2.12. The van der Waals surface area contributed by atoms with Crippen LogP contribution in [-0.2, 0) is 6.54 Å². The standard InChI is InChI=1S/C16H21N3O/c1-12(2)8-17-9-14-5-7-16(19-10-14)20-15-6-4-13(3)18-11-15/h4-7,10-12,17H,8-9H2,1-3H3. The molecule has 0 unspecified atom stereocenters. The molecule has 0 aromatic carbocycles. The third kappa shape index (κ3) is 4.63. The van der Waals surface area contributed by atoms with Crippen molar-refractivity contribution in [1.29, 1.82) is 0 Å². The van der Waals surface area contributed by atoms with Gasteiger partial charge in [-0.1, -0.05) is 19.9 Å². The Morgan fingerprint density at radius 2 is 1.95 bits per heavy atom. The fourth-order valence-corrected chi connectivity index (χ4v) is 1.72. The number of ether oxygens (including phenoxy) is 1. The van der Waals surface area contributed by atoms with Crippen molar-refractivity contribution >= 4 is 0 Å². The summed E-state index contributed by atoms with van der Waals surface area (Å²) in [7, 11) is 0. The molecular formula is C16H21N3O. The van der Waals surface area contributed by atoms with Crippen LogP contribution in [0.25, 0.3) is 0 Å². The van der Waals surface area contributed by atoms with Gasteiger partial charge in [0.25, 0.3) is 0 Å². The molecule has 0 spiro atoms. The zero-order valence-electron chi connectivity index (χ0n) is 12.3. The second-order valence-corrected chi connectivity index (χ2v) is 5.27. The summed E-state index contributed by atoms with van der Waals surface area (Å²) in [6.45, 7) is 8.17. The summed E-state index contributed by atoms with van der Waals surface area (Å²) < 4.78 is 5.64. The highest BCUT2D eigenvalue weighted by atomic mass is 16.5. The van der Waals surface area contributed by atoms with Gasteiger partial charge in [-0.3, -0.25) is 4.98 Å². The second-order valence-electron chi connectivity index (χ2n) is 5.27. The Bertz CT molecular complexity index is 520. The summed E-state index contributed by atoms with van der Waals surface area (Å²) >= 11 is 0. The van der Waals surface area contributed by atoms with Crippen molar-refractivity contribution in [2.45, 2.75) is 27.3 Å². The van der Waals surface area contributed by atoms with Gasteiger partial charge in [0.2, 0.25) is 5.88 Å². The van der Waals surface area contributed by atoms with E-state index in [0.29, 0.717) is 17.5 Å². The smallest absolute Gasteiger partial charge is 0.219 e. The third-order valence-electron chi connectivity index (χ3n) is 2.79. The summed E-state index contributed by atoms with van der Waals surface area (Å²) in [6, 6.07) is 7.71. The Labute approximate surface area is 120 Å². The monoisotopic (exact) mass is 271 g/mol. The first-order valence-electron chi connectivity index (χ1n) is 6.89. The largest absolute Gasteiger partial charge is 0.437 e. The summed E-state index contributed by atoms with van der Waals surface area (Å²) in [5, 5.41) is 3.39. The quantitative estimate of drug-likeness (QED) is 0.875. The summed E-state index contributed by atoms with van der Waals surface area (Å²) in [6.07, 6.45) is 3.54. The zero-order chi connectivity index (χ0) is 14.4. The van der Waals surface area contributed by atoms with Crippen molar-refractivity contribution in [2.24, 2.45) is 5.92 Å². The minimum Gasteiger partial charge on any atom is -0.437 e. The number of pyridine rings is 2. The maximum absolute atomic E-state index is 5.64. The van der Waals surface area contributed by atoms with E-state index in [4.69, 9.17) is 4.74 Å². The minimum absolute atomic E-state index is 0.586. The first kappa shape index (κ1) is 14.5. The van der Waals surface area contributed by atoms with E-state index in [0.717, 1.165) is 24.3 Å². The Balaban J connectivity index is 1.89. The van der Waals surface area contributed by atoms with Gasteiger partial charge in [0.05, 0.1) is 6.20 Å². The molecule has 0 fully saturated rings. The molecule has 2 heterocycles. The molecule has 0 radical (unpaired) electrons. The van der Waals surface area contributed by atoms with Crippen LogP contribution >= 0.6 is 0 Å². The molecule has 106 valence electrons. The summed E-state index contributed by atoms with van der Waals surface area (Å²) in [4.78, 5) is 8.49. The first-order valence-corrected chi connectivity index (χ1v) is 6.89. The lowest BCUT2D eigenvalue weighted by Gasteiger charge is -2.08. The molecule has 2 aromatic heterocycles. The molecule has 0 aliphatic carbocycles. The van der Waals surface area contributed by atoms with Crippen molar-refractivity contribution in [3.63, 3.8) is 0 Å². The number of aromatic nitrogens is 2. The fraction of sp³-hybridized carbons (Fsp3) is 0.375.